The van der Waals surface area contributed by atoms with Crippen molar-refractivity contribution < 1.29 is 23.8 Å². The highest BCUT2D eigenvalue weighted by Gasteiger charge is 2.07. The van der Waals surface area contributed by atoms with Crippen molar-refractivity contribution in [3.8, 4) is 5.75 Å². The van der Waals surface area contributed by atoms with Crippen LogP contribution >= 0.6 is 0 Å². The Kier molecular flexibility index (Phi) is 6.01. The van der Waals surface area contributed by atoms with E-state index in [0.29, 0.717) is 16.9 Å². The third-order valence-corrected chi connectivity index (χ3v) is 2.96. The summed E-state index contributed by atoms with van der Waals surface area (Å²) in [6.07, 6.45) is 0.666. The number of para-hydroxylation sites is 1. The van der Waals surface area contributed by atoms with E-state index < -0.39 is 18.3 Å². The van der Waals surface area contributed by atoms with Crippen LogP contribution < -0.4 is 10.2 Å². The molecule has 6 nitrogen and oxygen atoms in total. The highest BCUT2D eigenvalue weighted by molar-refractivity contribution is 5.94. The monoisotopic (exact) mass is 330 g/mol. The maximum Gasteiger partial charge on any atom is 0.312 e. The first-order valence-electron chi connectivity index (χ1n) is 7.05. The Morgan fingerprint density at radius 1 is 1.17 bits per heavy atom. The topological polar surface area (TPSA) is 88.0 Å². The lowest BCUT2D eigenvalue weighted by molar-refractivity contribution is -0.140. The minimum absolute atomic E-state index is 0.0445. The Morgan fingerprint density at radius 3 is 2.62 bits per heavy atom. The molecule has 2 aromatic carbocycles. The molecule has 0 heterocycles. The van der Waals surface area contributed by atoms with Crippen molar-refractivity contribution in [1.82, 2.24) is 5.43 Å². The van der Waals surface area contributed by atoms with Crippen molar-refractivity contribution in [3.05, 3.63) is 65.5 Å². The average Bonchev–Trinajstić information content (AvgIpc) is 2.54. The molecule has 0 aliphatic heterocycles. The van der Waals surface area contributed by atoms with Gasteiger partial charge in [-0.25, -0.2) is 9.82 Å². The van der Waals surface area contributed by atoms with Crippen LogP contribution in [0.3, 0.4) is 0 Å². The normalized spacial score (nSPS) is 10.5. The molecule has 2 N–H and O–H groups in total. The van der Waals surface area contributed by atoms with Crippen molar-refractivity contribution in [2.45, 2.75) is 13.0 Å². The molecule has 0 aliphatic carbocycles. The van der Waals surface area contributed by atoms with E-state index in [2.05, 4.69) is 10.5 Å². The minimum Gasteiger partial charge on any atom is -0.488 e. The van der Waals surface area contributed by atoms with Gasteiger partial charge < -0.3 is 9.84 Å². The predicted molar refractivity (Wildman–Crippen MR) is 85.2 cm³/mol. The number of nitrogens with zero attached hydrogens (tertiary/aromatic N) is 1. The summed E-state index contributed by atoms with van der Waals surface area (Å²) in [6, 6.07) is 13.2. The Morgan fingerprint density at radius 2 is 1.88 bits per heavy atom. The van der Waals surface area contributed by atoms with Crippen LogP contribution in [0.15, 0.2) is 53.6 Å². The molecular weight excluding hydrogens is 315 g/mol. The SMILES string of the molecule is O=C(O)CC(=O)N/N=C/c1ccccc1OCc1ccccc1F. The standard InChI is InChI=1S/C17H15FN2O4/c18-14-7-3-1-6-13(14)11-24-15-8-4-2-5-12(15)10-19-20-16(21)9-17(22)23/h1-8,10H,9,11H2,(H,20,21)(H,22,23)/b19-10+. The lowest BCUT2D eigenvalue weighted by Gasteiger charge is -2.09. The van der Waals surface area contributed by atoms with Gasteiger partial charge in [0, 0.05) is 11.1 Å². The molecule has 0 saturated heterocycles. The number of halogens is 1. The highest BCUT2D eigenvalue weighted by atomic mass is 19.1. The van der Waals surface area contributed by atoms with Crippen LogP contribution in [0.25, 0.3) is 0 Å². The van der Waals surface area contributed by atoms with Crippen LogP contribution in [-0.2, 0) is 16.2 Å². The summed E-state index contributed by atoms with van der Waals surface area (Å²) in [4.78, 5) is 21.6. The summed E-state index contributed by atoms with van der Waals surface area (Å²) < 4.78 is 19.2. The van der Waals surface area contributed by atoms with Crippen molar-refractivity contribution in [3.63, 3.8) is 0 Å². The number of hydrazone groups is 1. The Balaban J connectivity index is 2.01. The highest BCUT2D eigenvalue weighted by Crippen LogP contribution is 2.18. The zero-order valence-electron chi connectivity index (χ0n) is 12.6. The molecule has 2 rings (SSSR count). The molecule has 0 unspecified atom stereocenters. The number of nitrogens with one attached hydrogen (secondary N) is 1. The summed E-state index contributed by atoms with van der Waals surface area (Å²) in [7, 11) is 0. The molecule has 2 aromatic rings. The molecule has 0 aliphatic rings. The number of carbonyl (C=O) groups excluding carboxylic acids is 1. The van der Waals surface area contributed by atoms with E-state index in [1.165, 1.54) is 12.3 Å². The first-order valence-corrected chi connectivity index (χ1v) is 7.05. The maximum atomic E-state index is 13.6. The van der Waals surface area contributed by atoms with Gasteiger partial charge in [-0.2, -0.15) is 5.10 Å². The molecule has 0 radical (unpaired) electrons. The van der Waals surface area contributed by atoms with E-state index in [4.69, 9.17) is 9.84 Å². The molecule has 0 aromatic heterocycles. The summed E-state index contributed by atoms with van der Waals surface area (Å²) in [5.41, 5.74) is 3.08. The number of hydrogen-bond donors (Lipinski definition) is 2. The van der Waals surface area contributed by atoms with Crippen molar-refractivity contribution in [2.75, 3.05) is 0 Å². The molecule has 0 saturated carbocycles. The van der Waals surface area contributed by atoms with Crippen molar-refractivity contribution in [1.29, 1.82) is 0 Å². The number of carboxylic acids is 1. The van der Waals surface area contributed by atoms with Gasteiger partial charge >= 0.3 is 5.97 Å². The summed E-state index contributed by atoms with van der Waals surface area (Å²) in [5, 5.41) is 12.2. The van der Waals surface area contributed by atoms with Gasteiger partial charge in [0.2, 0.25) is 0 Å². The van der Waals surface area contributed by atoms with Gasteiger partial charge in [-0.1, -0.05) is 30.3 Å². The number of aliphatic carboxylic acids is 1. The molecule has 0 fully saturated rings. The summed E-state index contributed by atoms with van der Waals surface area (Å²) in [5.74, 6) is -1.87. The molecule has 24 heavy (non-hydrogen) atoms. The maximum absolute atomic E-state index is 13.6. The van der Waals surface area contributed by atoms with Crippen LogP contribution in [0.1, 0.15) is 17.5 Å². The Labute approximate surface area is 137 Å². The molecule has 0 spiro atoms. The lowest BCUT2D eigenvalue weighted by atomic mass is 10.2. The molecule has 0 atom stereocenters. The fourth-order valence-corrected chi connectivity index (χ4v) is 1.84. The Bertz CT molecular complexity index is 762. The number of carbonyl (C=O) groups is 2. The van der Waals surface area contributed by atoms with E-state index in [9.17, 15) is 14.0 Å². The van der Waals surface area contributed by atoms with Gasteiger partial charge in [0.1, 0.15) is 24.6 Å². The van der Waals surface area contributed by atoms with Crippen LogP contribution in [-0.4, -0.2) is 23.2 Å². The number of ether oxygens (including phenoxy) is 1. The smallest absolute Gasteiger partial charge is 0.312 e. The molecule has 124 valence electrons. The minimum atomic E-state index is -1.24. The van der Waals surface area contributed by atoms with E-state index in [-0.39, 0.29) is 12.4 Å². The van der Waals surface area contributed by atoms with Crippen LogP contribution in [0.5, 0.6) is 5.75 Å². The van der Waals surface area contributed by atoms with Gasteiger partial charge in [0.15, 0.2) is 0 Å². The predicted octanol–water partition coefficient (Wildman–Crippen LogP) is 2.33. The van der Waals surface area contributed by atoms with Gasteiger partial charge in [-0.15, -0.1) is 0 Å². The molecule has 1 amide bonds. The first-order chi connectivity index (χ1) is 11.6. The molecular formula is C17H15FN2O4. The fourth-order valence-electron chi connectivity index (χ4n) is 1.84. The zero-order valence-corrected chi connectivity index (χ0v) is 12.6. The second-order valence-corrected chi connectivity index (χ2v) is 4.78. The number of rotatable bonds is 7. The van der Waals surface area contributed by atoms with Gasteiger partial charge in [0.05, 0.1) is 6.21 Å². The van der Waals surface area contributed by atoms with Crippen LogP contribution in [0.4, 0.5) is 4.39 Å². The van der Waals surface area contributed by atoms with E-state index in [1.54, 1.807) is 42.5 Å². The van der Waals surface area contributed by atoms with E-state index >= 15 is 0 Å². The summed E-state index contributed by atoms with van der Waals surface area (Å²) >= 11 is 0. The molecule has 7 heteroatoms. The van der Waals surface area contributed by atoms with Crippen molar-refractivity contribution in [2.24, 2.45) is 5.10 Å². The molecule has 0 bridgehead atoms. The Hall–Kier alpha value is -3.22. The van der Waals surface area contributed by atoms with Gasteiger partial charge in [-0.05, 0) is 18.2 Å². The largest absolute Gasteiger partial charge is 0.488 e. The third-order valence-electron chi connectivity index (χ3n) is 2.96. The second kappa shape index (κ2) is 8.42. The average molecular weight is 330 g/mol. The number of carboxylic acid groups (broad SMARTS) is 1. The first kappa shape index (κ1) is 17.1. The summed E-state index contributed by atoms with van der Waals surface area (Å²) in [6.45, 7) is 0.0445. The van der Waals surface area contributed by atoms with Crippen LogP contribution in [0, 0.1) is 5.82 Å². The number of amides is 1. The van der Waals surface area contributed by atoms with Gasteiger partial charge in [-0.3, -0.25) is 9.59 Å². The van der Waals surface area contributed by atoms with E-state index in [0.717, 1.165) is 0 Å². The van der Waals surface area contributed by atoms with Crippen LogP contribution in [0.2, 0.25) is 0 Å². The van der Waals surface area contributed by atoms with Crippen molar-refractivity contribution >= 4 is 18.1 Å². The van der Waals surface area contributed by atoms with E-state index in [1.807, 2.05) is 0 Å². The third kappa shape index (κ3) is 5.20. The zero-order chi connectivity index (χ0) is 17.4. The number of hydrogen-bond acceptors (Lipinski definition) is 4. The second-order valence-electron chi connectivity index (χ2n) is 4.78. The quantitative estimate of drug-likeness (QED) is 0.463. The van der Waals surface area contributed by atoms with Gasteiger partial charge in [0.25, 0.3) is 5.91 Å². The lowest BCUT2D eigenvalue weighted by Crippen LogP contribution is -2.20. The number of benzene rings is 2. The fraction of sp³-hybridized carbons (Fsp3) is 0.118.